The topological polar surface area (TPSA) is 99.5 Å². The molecule has 3 heterocycles. The van der Waals surface area contributed by atoms with Crippen molar-refractivity contribution in [2.45, 2.75) is 25.8 Å². The van der Waals surface area contributed by atoms with Gasteiger partial charge in [0.05, 0.1) is 12.0 Å². The van der Waals surface area contributed by atoms with Crippen LogP contribution in [-0.4, -0.2) is 41.5 Å². The lowest BCUT2D eigenvalue weighted by atomic mass is 9.91. The minimum Gasteiger partial charge on any atom is -0.360 e. The van der Waals surface area contributed by atoms with E-state index in [2.05, 4.69) is 21.3 Å². The second-order valence-corrected chi connectivity index (χ2v) is 7.57. The van der Waals surface area contributed by atoms with Crippen LogP contribution in [0.15, 0.2) is 34.9 Å². The number of aromatic nitrogens is 1. The Bertz CT molecular complexity index is 876. The first kappa shape index (κ1) is 19.5. The maximum Gasteiger partial charge on any atom is 0.229 e. The maximum absolute atomic E-state index is 13.2. The molecular weight excluding hydrogens is 377 g/mol. The Morgan fingerprint density at radius 3 is 2.62 bits per heavy atom. The molecule has 3 N–H and O–H groups in total. The number of hydrogen-bond donors (Lipinski definition) is 3. The van der Waals surface area contributed by atoms with Crippen LogP contribution in [0.2, 0.25) is 0 Å². The van der Waals surface area contributed by atoms with Gasteiger partial charge in [-0.2, -0.15) is 0 Å². The molecule has 0 aliphatic carbocycles. The van der Waals surface area contributed by atoms with Gasteiger partial charge in [0.2, 0.25) is 11.8 Å². The third-order valence-corrected chi connectivity index (χ3v) is 5.58. The molecule has 2 aliphatic heterocycles. The zero-order chi connectivity index (χ0) is 20.4. The fourth-order valence-corrected chi connectivity index (χ4v) is 3.96. The average molecular weight is 401 g/mol. The van der Waals surface area contributed by atoms with Crippen LogP contribution in [-0.2, 0) is 9.59 Å². The van der Waals surface area contributed by atoms with Crippen molar-refractivity contribution in [1.29, 1.82) is 0 Å². The van der Waals surface area contributed by atoms with E-state index in [0.717, 1.165) is 5.56 Å². The number of rotatable bonds is 4. The van der Waals surface area contributed by atoms with Crippen LogP contribution < -0.4 is 16.2 Å². The molecule has 9 heteroatoms. The highest BCUT2D eigenvalue weighted by atomic mass is 19.1. The summed E-state index contributed by atoms with van der Waals surface area (Å²) in [6.45, 7) is 3.33. The summed E-state index contributed by atoms with van der Waals surface area (Å²) in [4.78, 5) is 27.3. The molecule has 0 bridgehead atoms. The Labute approximate surface area is 167 Å². The first-order chi connectivity index (χ1) is 14.0. The zero-order valence-electron chi connectivity index (χ0n) is 16.2. The Morgan fingerprint density at radius 1 is 1.24 bits per heavy atom. The smallest absolute Gasteiger partial charge is 0.229 e. The normalized spacial score (nSPS) is 22.6. The van der Waals surface area contributed by atoms with Crippen LogP contribution in [0.5, 0.6) is 0 Å². The molecule has 4 rings (SSSR count). The van der Waals surface area contributed by atoms with Gasteiger partial charge in [0, 0.05) is 31.6 Å². The lowest BCUT2D eigenvalue weighted by Gasteiger charge is -2.33. The zero-order valence-corrected chi connectivity index (χ0v) is 16.2. The number of halogens is 1. The van der Waals surface area contributed by atoms with E-state index in [0.29, 0.717) is 44.1 Å². The van der Waals surface area contributed by atoms with Gasteiger partial charge in [-0.05, 0) is 37.5 Å². The molecule has 154 valence electrons. The minimum absolute atomic E-state index is 0.0443. The Hall–Kier alpha value is -2.78. The lowest BCUT2D eigenvalue weighted by Crippen LogP contribution is -2.45. The molecule has 2 unspecified atom stereocenters. The predicted molar refractivity (Wildman–Crippen MR) is 103 cm³/mol. The number of nitrogens with one attached hydrogen (secondary N) is 3. The molecule has 8 nitrogen and oxygen atoms in total. The van der Waals surface area contributed by atoms with E-state index in [1.54, 1.807) is 25.1 Å². The highest BCUT2D eigenvalue weighted by molar-refractivity contribution is 5.92. The number of carbonyl (C=O) groups is 2. The van der Waals surface area contributed by atoms with Crippen molar-refractivity contribution >= 4 is 17.6 Å². The molecule has 29 heavy (non-hydrogen) atoms. The summed E-state index contributed by atoms with van der Waals surface area (Å²) in [6.07, 6.45) is 1.20. The van der Waals surface area contributed by atoms with Crippen molar-refractivity contribution in [3.63, 3.8) is 0 Å². The summed E-state index contributed by atoms with van der Waals surface area (Å²) >= 11 is 0. The maximum atomic E-state index is 13.2. The van der Waals surface area contributed by atoms with Crippen LogP contribution in [0.3, 0.4) is 0 Å². The average Bonchev–Trinajstić information content (AvgIpc) is 3.37. The molecule has 2 fully saturated rings. The summed E-state index contributed by atoms with van der Waals surface area (Å²) < 4.78 is 18.2. The van der Waals surface area contributed by atoms with Gasteiger partial charge < -0.3 is 14.7 Å². The number of hydrazine groups is 1. The van der Waals surface area contributed by atoms with E-state index in [1.165, 1.54) is 12.1 Å². The van der Waals surface area contributed by atoms with Gasteiger partial charge in [-0.3, -0.25) is 15.0 Å². The Balaban J connectivity index is 1.33. The molecule has 2 aromatic rings. The number of piperidine rings is 1. The van der Waals surface area contributed by atoms with Crippen molar-refractivity contribution in [2.75, 3.05) is 25.0 Å². The predicted octanol–water partition coefficient (Wildman–Crippen LogP) is 1.76. The van der Waals surface area contributed by atoms with Gasteiger partial charge in [-0.15, -0.1) is 0 Å². The summed E-state index contributed by atoms with van der Waals surface area (Å²) in [5, 5.41) is 6.55. The van der Waals surface area contributed by atoms with Gasteiger partial charge in [-0.25, -0.2) is 9.82 Å². The van der Waals surface area contributed by atoms with Crippen molar-refractivity contribution in [2.24, 2.45) is 11.8 Å². The largest absolute Gasteiger partial charge is 0.360 e. The van der Waals surface area contributed by atoms with Crippen molar-refractivity contribution < 1.29 is 18.5 Å². The number of benzene rings is 1. The summed E-state index contributed by atoms with van der Waals surface area (Å²) in [5.74, 6) is 0.254. The van der Waals surface area contributed by atoms with Crippen LogP contribution in [0.25, 0.3) is 0 Å². The number of nitrogens with zero attached hydrogens (tertiary/aromatic N) is 2. The first-order valence-corrected chi connectivity index (χ1v) is 9.78. The number of carbonyl (C=O) groups excluding carboxylic acids is 2. The monoisotopic (exact) mass is 401 g/mol. The second kappa shape index (κ2) is 8.30. The molecule has 2 atom stereocenters. The van der Waals surface area contributed by atoms with E-state index in [4.69, 9.17) is 4.52 Å². The fourth-order valence-electron chi connectivity index (χ4n) is 3.96. The van der Waals surface area contributed by atoms with E-state index in [-0.39, 0.29) is 35.5 Å². The van der Waals surface area contributed by atoms with Gasteiger partial charge >= 0.3 is 0 Å². The molecule has 0 radical (unpaired) electrons. The van der Waals surface area contributed by atoms with Gasteiger partial charge in [0.1, 0.15) is 11.6 Å². The van der Waals surface area contributed by atoms with E-state index >= 15 is 0 Å². The third-order valence-electron chi connectivity index (χ3n) is 5.58. The Morgan fingerprint density at radius 2 is 1.97 bits per heavy atom. The number of likely N-dealkylation sites (tertiary alicyclic amines) is 1. The minimum atomic E-state index is -0.302. The van der Waals surface area contributed by atoms with Crippen LogP contribution in [0.1, 0.15) is 30.2 Å². The van der Waals surface area contributed by atoms with Gasteiger partial charge in [0.25, 0.3) is 0 Å². The van der Waals surface area contributed by atoms with Gasteiger partial charge in [0.15, 0.2) is 5.82 Å². The number of aryl methyl sites for hydroxylation is 1. The molecule has 0 saturated carbocycles. The van der Waals surface area contributed by atoms with E-state index < -0.39 is 0 Å². The van der Waals surface area contributed by atoms with Crippen LogP contribution in [0, 0.1) is 24.6 Å². The summed E-state index contributed by atoms with van der Waals surface area (Å²) in [5.41, 5.74) is 7.03. The van der Waals surface area contributed by atoms with Crippen molar-refractivity contribution in [1.82, 2.24) is 20.9 Å². The molecule has 1 aromatic carbocycles. The summed E-state index contributed by atoms with van der Waals surface area (Å²) in [6, 6.07) is 7.66. The van der Waals surface area contributed by atoms with Crippen LogP contribution in [0.4, 0.5) is 10.2 Å². The van der Waals surface area contributed by atoms with Crippen molar-refractivity contribution in [3.05, 3.63) is 47.5 Å². The highest BCUT2D eigenvalue weighted by Crippen LogP contribution is 2.29. The summed E-state index contributed by atoms with van der Waals surface area (Å²) in [7, 11) is 0. The van der Waals surface area contributed by atoms with E-state index in [1.807, 2.05) is 4.90 Å². The lowest BCUT2D eigenvalue weighted by molar-refractivity contribution is -0.138. The second-order valence-electron chi connectivity index (χ2n) is 7.57. The quantitative estimate of drug-likeness (QED) is 0.722. The molecule has 0 spiro atoms. The molecule has 2 amide bonds. The van der Waals surface area contributed by atoms with Gasteiger partial charge in [-0.1, -0.05) is 17.3 Å². The highest BCUT2D eigenvalue weighted by Gasteiger charge is 2.38. The Kier molecular flexibility index (Phi) is 5.59. The fraction of sp³-hybridized carbons (Fsp3) is 0.450. The molecule has 2 aliphatic rings. The molecule has 2 saturated heterocycles. The molecule has 1 aromatic heterocycles. The third kappa shape index (κ3) is 4.30. The number of anilines is 1. The van der Waals surface area contributed by atoms with Crippen molar-refractivity contribution in [3.8, 4) is 0 Å². The SMILES string of the molecule is Cc1cc(NC(=O)C2CCN(C(=O)C3CNNC3c3ccc(F)cc3)CC2)no1. The number of hydrogen-bond acceptors (Lipinski definition) is 6. The van der Waals surface area contributed by atoms with E-state index in [9.17, 15) is 14.0 Å². The first-order valence-electron chi connectivity index (χ1n) is 9.78. The van der Waals surface area contributed by atoms with Crippen LogP contribution >= 0.6 is 0 Å². The standard InChI is InChI=1S/C20H24FN5O3/c1-12-10-17(25-29-12)23-19(27)14-6-8-26(9-7-14)20(28)16-11-22-24-18(16)13-2-4-15(21)5-3-13/h2-5,10,14,16,18,22,24H,6-9,11H2,1H3,(H,23,25,27). The molecular formula is C20H24FN5O3. The number of amides is 2.